The van der Waals surface area contributed by atoms with Crippen LogP contribution in [0.3, 0.4) is 0 Å². The average molecular weight is 281 g/mol. The van der Waals surface area contributed by atoms with Crippen molar-refractivity contribution in [1.82, 2.24) is 0 Å². The summed E-state index contributed by atoms with van der Waals surface area (Å²) in [5, 5.41) is 8.69. The molecular formula is C18H13F2N. The van der Waals surface area contributed by atoms with Gasteiger partial charge in [0.2, 0.25) is 0 Å². The molecule has 0 saturated heterocycles. The van der Waals surface area contributed by atoms with E-state index in [4.69, 9.17) is 5.26 Å². The van der Waals surface area contributed by atoms with Crippen LogP contribution in [0, 0.1) is 34.8 Å². The lowest BCUT2D eigenvalue weighted by Gasteiger charge is -2.05. The number of rotatable bonds is 2. The van der Waals surface area contributed by atoms with Crippen LogP contribution < -0.4 is 0 Å². The van der Waals surface area contributed by atoms with E-state index in [1.54, 1.807) is 18.2 Å². The zero-order valence-electron chi connectivity index (χ0n) is 11.6. The normalized spacial score (nSPS) is 9.62. The van der Waals surface area contributed by atoms with Gasteiger partial charge in [-0.15, -0.1) is 0 Å². The van der Waals surface area contributed by atoms with Gasteiger partial charge in [-0.05, 0) is 36.2 Å². The van der Waals surface area contributed by atoms with Crippen LogP contribution in [0.5, 0.6) is 0 Å². The Morgan fingerprint density at radius 3 is 2.48 bits per heavy atom. The fourth-order valence-electron chi connectivity index (χ4n) is 1.89. The third kappa shape index (κ3) is 3.46. The highest BCUT2D eigenvalue weighted by Gasteiger charge is 2.09. The van der Waals surface area contributed by atoms with Crippen LogP contribution in [0.4, 0.5) is 8.78 Å². The molecular weight excluding hydrogens is 268 g/mol. The average Bonchev–Trinajstić information content (AvgIpc) is 2.47. The van der Waals surface area contributed by atoms with E-state index < -0.39 is 11.6 Å². The maximum atomic E-state index is 14.1. The summed E-state index contributed by atoms with van der Waals surface area (Å²) in [5.74, 6) is 4.73. The van der Waals surface area contributed by atoms with Crippen molar-refractivity contribution < 1.29 is 8.78 Å². The number of nitrogens with zero attached hydrogens (tertiary/aromatic N) is 1. The Morgan fingerprint density at radius 1 is 1.05 bits per heavy atom. The molecule has 0 N–H and O–H groups in total. The molecule has 0 aromatic heterocycles. The summed E-state index contributed by atoms with van der Waals surface area (Å²) < 4.78 is 27.7. The van der Waals surface area contributed by atoms with E-state index in [-0.39, 0.29) is 5.56 Å². The number of nitriles is 1. The summed E-state index contributed by atoms with van der Waals surface area (Å²) in [7, 11) is 0. The van der Waals surface area contributed by atoms with Crippen molar-refractivity contribution in [3.05, 3.63) is 59.2 Å². The third-order valence-corrected chi connectivity index (χ3v) is 2.98. The van der Waals surface area contributed by atoms with Crippen LogP contribution in [0.25, 0.3) is 11.1 Å². The first-order valence-electron chi connectivity index (χ1n) is 6.64. The van der Waals surface area contributed by atoms with Crippen molar-refractivity contribution in [3.63, 3.8) is 0 Å². The molecule has 0 heterocycles. The van der Waals surface area contributed by atoms with Crippen LogP contribution in [0.15, 0.2) is 36.4 Å². The molecule has 2 aromatic rings. The van der Waals surface area contributed by atoms with Crippen LogP contribution in [0.2, 0.25) is 0 Å². The lowest BCUT2D eigenvalue weighted by Crippen LogP contribution is -1.89. The molecule has 0 aliphatic carbocycles. The second-order valence-corrected chi connectivity index (χ2v) is 4.55. The Bertz CT molecular complexity index is 761. The first kappa shape index (κ1) is 14.8. The van der Waals surface area contributed by atoms with Gasteiger partial charge in [-0.1, -0.05) is 30.9 Å². The minimum absolute atomic E-state index is 0.0544. The highest BCUT2D eigenvalue weighted by atomic mass is 19.1. The first-order chi connectivity index (χ1) is 10.2. The number of unbranched alkanes of at least 4 members (excludes halogenated alkanes) is 1. The molecule has 0 atom stereocenters. The van der Waals surface area contributed by atoms with Gasteiger partial charge < -0.3 is 0 Å². The topological polar surface area (TPSA) is 23.8 Å². The molecule has 1 nitrogen and oxygen atoms in total. The molecule has 3 heteroatoms. The molecule has 0 aliphatic heterocycles. The Balaban J connectivity index is 2.36. The van der Waals surface area contributed by atoms with Gasteiger partial charge in [0.1, 0.15) is 17.7 Å². The third-order valence-electron chi connectivity index (χ3n) is 2.98. The minimum atomic E-state index is -0.652. The van der Waals surface area contributed by atoms with Gasteiger partial charge in [0, 0.05) is 17.5 Å². The summed E-state index contributed by atoms with van der Waals surface area (Å²) in [6.07, 6.45) is 1.72. The second-order valence-electron chi connectivity index (χ2n) is 4.55. The van der Waals surface area contributed by atoms with E-state index in [0.717, 1.165) is 12.8 Å². The van der Waals surface area contributed by atoms with E-state index in [9.17, 15) is 8.78 Å². The number of hydrogen-bond acceptors (Lipinski definition) is 1. The lowest BCUT2D eigenvalue weighted by atomic mass is 10.0. The monoisotopic (exact) mass is 281 g/mol. The van der Waals surface area contributed by atoms with E-state index >= 15 is 0 Å². The number of benzene rings is 2. The van der Waals surface area contributed by atoms with Crippen molar-refractivity contribution in [2.75, 3.05) is 0 Å². The van der Waals surface area contributed by atoms with Gasteiger partial charge in [-0.25, -0.2) is 8.78 Å². The molecule has 0 unspecified atom stereocenters. The summed E-state index contributed by atoms with van der Waals surface area (Å²) in [4.78, 5) is 0. The molecule has 0 saturated carbocycles. The predicted octanol–water partition coefficient (Wildman–Crippen LogP) is 4.66. The largest absolute Gasteiger partial charge is 0.206 e. The maximum Gasteiger partial charge on any atom is 0.141 e. The highest BCUT2D eigenvalue weighted by molar-refractivity contribution is 5.66. The van der Waals surface area contributed by atoms with Gasteiger partial charge in [-0.3, -0.25) is 0 Å². The maximum absolute atomic E-state index is 14.1. The van der Waals surface area contributed by atoms with Crippen molar-refractivity contribution in [1.29, 1.82) is 5.26 Å². The Morgan fingerprint density at radius 2 is 1.86 bits per heavy atom. The Hall–Kier alpha value is -2.65. The van der Waals surface area contributed by atoms with Crippen molar-refractivity contribution in [2.24, 2.45) is 0 Å². The zero-order valence-corrected chi connectivity index (χ0v) is 11.6. The molecule has 0 radical (unpaired) electrons. The molecule has 2 aromatic carbocycles. The van der Waals surface area contributed by atoms with E-state index in [2.05, 4.69) is 11.8 Å². The van der Waals surface area contributed by atoms with Gasteiger partial charge in [-0.2, -0.15) is 5.26 Å². The molecule has 2 rings (SSSR count). The van der Waals surface area contributed by atoms with Gasteiger partial charge >= 0.3 is 0 Å². The van der Waals surface area contributed by atoms with Crippen molar-refractivity contribution in [2.45, 2.75) is 19.8 Å². The second kappa shape index (κ2) is 6.68. The predicted molar refractivity (Wildman–Crippen MR) is 78.3 cm³/mol. The number of hydrogen-bond donors (Lipinski definition) is 0. The summed E-state index contributed by atoms with van der Waals surface area (Å²) in [6.45, 7) is 2.03. The zero-order chi connectivity index (χ0) is 15.2. The molecule has 0 amide bonds. The van der Waals surface area contributed by atoms with Crippen LogP contribution in [0.1, 0.15) is 30.9 Å². The van der Waals surface area contributed by atoms with Gasteiger partial charge in [0.15, 0.2) is 0 Å². The molecule has 0 bridgehead atoms. The molecule has 0 fully saturated rings. The van der Waals surface area contributed by atoms with Crippen LogP contribution in [-0.4, -0.2) is 0 Å². The Labute approximate surface area is 122 Å². The summed E-state index contributed by atoms with van der Waals surface area (Å²) >= 11 is 0. The number of halogens is 2. The smallest absolute Gasteiger partial charge is 0.141 e. The van der Waals surface area contributed by atoms with Crippen LogP contribution >= 0.6 is 0 Å². The Kier molecular flexibility index (Phi) is 4.69. The van der Waals surface area contributed by atoms with E-state index in [1.165, 1.54) is 24.3 Å². The highest BCUT2D eigenvalue weighted by Crippen LogP contribution is 2.25. The SMILES string of the molecule is CCCC#Cc1ccc(-c2ccc(C#N)c(F)c2)c(F)c1. The molecule has 21 heavy (non-hydrogen) atoms. The minimum Gasteiger partial charge on any atom is -0.206 e. The summed E-state index contributed by atoms with van der Waals surface area (Å²) in [6, 6.07) is 10.4. The summed E-state index contributed by atoms with van der Waals surface area (Å²) in [5.41, 5.74) is 1.23. The van der Waals surface area contributed by atoms with Crippen LogP contribution in [-0.2, 0) is 0 Å². The van der Waals surface area contributed by atoms with Crippen molar-refractivity contribution >= 4 is 0 Å². The van der Waals surface area contributed by atoms with Gasteiger partial charge in [0.05, 0.1) is 5.56 Å². The molecule has 0 spiro atoms. The molecule has 0 aliphatic rings. The standard InChI is InChI=1S/C18H13F2N/c1-2-3-4-5-13-6-9-16(18(20)10-13)14-7-8-15(12-21)17(19)11-14/h6-11H,2-3H2,1H3. The van der Waals surface area contributed by atoms with E-state index in [0.29, 0.717) is 16.7 Å². The van der Waals surface area contributed by atoms with E-state index in [1.807, 2.05) is 6.92 Å². The van der Waals surface area contributed by atoms with Crippen molar-refractivity contribution in [3.8, 4) is 29.0 Å². The lowest BCUT2D eigenvalue weighted by molar-refractivity contribution is 0.622. The quantitative estimate of drug-likeness (QED) is 0.735. The first-order valence-corrected chi connectivity index (χ1v) is 6.64. The fraction of sp³-hybridized carbons (Fsp3) is 0.167. The van der Waals surface area contributed by atoms with Gasteiger partial charge in [0.25, 0.3) is 0 Å². The molecule has 104 valence electrons. The fourth-order valence-corrected chi connectivity index (χ4v) is 1.89.